The molecule has 8 nitrogen and oxygen atoms in total. The van der Waals surface area contributed by atoms with Crippen molar-refractivity contribution in [1.82, 2.24) is 5.32 Å². The maximum atomic E-state index is 13.0. The Hall–Kier alpha value is -1.80. The molecule has 72 heavy (non-hydrogen) atoms. The molecule has 1 amide bonds. The van der Waals surface area contributed by atoms with Gasteiger partial charge in [-0.25, -0.2) is 4.57 Å². The molecule has 3 atom stereocenters. The minimum atomic E-state index is -4.35. The summed E-state index contributed by atoms with van der Waals surface area (Å²) in [4.78, 5) is 23.3. The van der Waals surface area contributed by atoms with Gasteiger partial charge in [0.05, 0.1) is 39.9 Å². The van der Waals surface area contributed by atoms with Crippen molar-refractivity contribution >= 4 is 13.7 Å². The van der Waals surface area contributed by atoms with Crippen molar-refractivity contribution in [2.45, 2.75) is 296 Å². The van der Waals surface area contributed by atoms with Crippen molar-refractivity contribution in [1.29, 1.82) is 0 Å². The predicted octanol–water partition coefficient (Wildman–Crippen LogP) is 18.9. The molecule has 0 bridgehead atoms. The van der Waals surface area contributed by atoms with E-state index in [9.17, 15) is 19.4 Å². The van der Waals surface area contributed by atoms with Crippen LogP contribution in [0.3, 0.4) is 0 Å². The first-order valence-corrected chi connectivity index (χ1v) is 32.2. The Balaban J connectivity index is 4.16. The number of nitrogens with one attached hydrogen (secondary N) is 1. The number of aliphatic hydroxyl groups is 1. The van der Waals surface area contributed by atoms with Gasteiger partial charge in [-0.15, -0.1) is 0 Å². The number of nitrogens with zero attached hydrogens (tertiary/aromatic N) is 1. The van der Waals surface area contributed by atoms with E-state index in [0.717, 1.165) is 70.6 Å². The van der Waals surface area contributed by atoms with Crippen LogP contribution in [0.4, 0.5) is 0 Å². The fourth-order valence-corrected chi connectivity index (χ4v) is 9.71. The molecular weight excluding hydrogens is 912 g/mol. The molecule has 3 unspecified atom stereocenters. The van der Waals surface area contributed by atoms with Gasteiger partial charge in [-0.1, -0.05) is 280 Å². The van der Waals surface area contributed by atoms with Gasteiger partial charge in [0.25, 0.3) is 0 Å². The van der Waals surface area contributed by atoms with Gasteiger partial charge >= 0.3 is 7.82 Å². The highest BCUT2D eigenvalue weighted by atomic mass is 31.2. The van der Waals surface area contributed by atoms with Gasteiger partial charge in [0.2, 0.25) is 5.91 Å². The Bertz CT molecular complexity index is 1360. The maximum absolute atomic E-state index is 13.0. The maximum Gasteiger partial charge on any atom is 0.472 e. The van der Waals surface area contributed by atoms with Crippen molar-refractivity contribution in [3.63, 3.8) is 0 Å². The summed E-state index contributed by atoms with van der Waals surface area (Å²) in [6.07, 6.45) is 73.3. The standard InChI is InChI=1S/C63H119N2O6P/c1-6-8-10-12-14-16-18-20-22-24-26-28-29-30-31-32-33-34-35-37-38-40-42-44-46-48-50-52-54-56-62(66)61(60-71-72(68,69)70-59-58-65(3,4)5)64-63(67)57-55-53-51-49-47-45-43-41-39-36-27-25-23-21-19-17-15-13-11-9-7-2/h9,11,15,17,21,23,27,36,54,56,61-62,66H,6-8,10,12-14,16,18-20,22,24-26,28-35,37-53,55,57-60H2,1-5H3,(H-,64,67,68,69)/p+1/b11-9-,17-15-,23-21-,36-27-,56-54+. The van der Waals surface area contributed by atoms with E-state index in [1.165, 1.54) is 193 Å². The summed E-state index contributed by atoms with van der Waals surface area (Å²) in [5, 5.41) is 14.0. The molecule has 0 heterocycles. The molecule has 0 aromatic rings. The van der Waals surface area contributed by atoms with E-state index in [1.807, 2.05) is 27.2 Å². The Morgan fingerprint density at radius 1 is 0.486 bits per heavy atom. The van der Waals surface area contributed by atoms with E-state index in [1.54, 1.807) is 6.08 Å². The lowest BCUT2D eigenvalue weighted by Gasteiger charge is -2.25. The molecule has 0 aliphatic rings. The minimum absolute atomic E-state index is 0.0580. The molecule has 3 N–H and O–H groups in total. The van der Waals surface area contributed by atoms with E-state index in [-0.39, 0.29) is 19.1 Å². The van der Waals surface area contributed by atoms with Crippen LogP contribution in [0.2, 0.25) is 0 Å². The number of phosphoric acid groups is 1. The third-order valence-electron chi connectivity index (χ3n) is 13.7. The number of amides is 1. The summed E-state index contributed by atoms with van der Waals surface area (Å²) in [6, 6.07) is -0.855. The van der Waals surface area contributed by atoms with Crippen LogP contribution in [0.1, 0.15) is 284 Å². The molecule has 9 heteroatoms. The number of aliphatic hydroxyl groups excluding tert-OH is 1. The zero-order chi connectivity index (χ0) is 52.7. The number of rotatable bonds is 56. The van der Waals surface area contributed by atoms with Crippen LogP contribution in [0.15, 0.2) is 60.8 Å². The second-order valence-corrected chi connectivity index (χ2v) is 23.5. The molecule has 0 radical (unpaired) electrons. The third-order valence-corrected chi connectivity index (χ3v) is 14.7. The molecular formula is C63H120N2O6P+. The molecule has 0 saturated carbocycles. The lowest BCUT2D eigenvalue weighted by molar-refractivity contribution is -0.870. The second-order valence-electron chi connectivity index (χ2n) is 22.1. The number of hydrogen-bond donors (Lipinski definition) is 3. The van der Waals surface area contributed by atoms with Crippen molar-refractivity contribution in [2.75, 3.05) is 40.9 Å². The summed E-state index contributed by atoms with van der Waals surface area (Å²) >= 11 is 0. The summed E-state index contributed by atoms with van der Waals surface area (Å²) in [5.41, 5.74) is 0. The Labute approximate surface area is 447 Å². The molecule has 0 rings (SSSR count). The van der Waals surface area contributed by atoms with Gasteiger partial charge in [-0.2, -0.15) is 0 Å². The largest absolute Gasteiger partial charge is 0.472 e. The lowest BCUT2D eigenvalue weighted by Crippen LogP contribution is -2.45. The second kappa shape index (κ2) is 54.0. The normalized spacial score (nSPS) is 14.3. The van der Waals surface area contributed by atoms with Crippen molar-refractivity contribution in [3.05, 3.63) is 60.8 Å². The van der Waals surface area contributed by atoms with Crippen LogP contribution >= 0.6 is 7.82 Å². The Morgan fingerprint density at radius 3 is 1.22 bits per heavy atom. The van der Waals surface area contributed by atoms with Crippen LogP contribution in [0, 0.1) is 0 Å². The summed E-state index contributed by atoms with van der Waals surface area (Å²) < 4.78 is 23.7. The monoisotopic (exact) mass is 1030 g/mol. The number of unbranched alkanes of at least 4 members (excludes halogenated alkanes) is 35. The average molecular weight is 1030 g/mol. The number of likely N-dealkylation sites (N-methyl/N-ethyl adjacent to an activating group) is 1. The van der Waals surface area contributed by atoms with Crippen LogP contribution in [0.25, 0.3) is 0 Å². The van der Waals surface area contributed by atoms with Crippen molar-refractivity contribution in [3.8, 4) is 0 Å². The van der Waals surface area contributed by atoms with Gasteiger partial charge in [-0.05, 0) is 57.8 Å². The highest BCUT2D eigenvalue weighted by molar-refractivity contribution is 7.47. The number of hydrogen-bond acceptors (Lipinski definition) is 5. The van der Waals surface area contributed by atoms with Crippen molar-refractivity contribution in [2.24, 2.45) is 0 Å². The van der Waals surface area contributed by atoms with Crippen LogP contribution in [-0.2, 0) is 18.4 Å². The highest BCUT2D eigenvalue weighted by Crippen LogP contribution is 2.43. The first-order chi connectivity index (χ1) is 35.0. The molecule has 0 aliphatic heterocycles. The number of phosphoric ester groups is 1. The van der Waals surface area contributed by atoms with Gasteiger partial charge < -0.3 is 19.8 Å². The van der Waals surface area contributed by atoms with E-state index in [2.05, 4.69) is 67.8 Å². The zero-order valence-corrected chi connectivity index (χ0v) is 49.1. The van der Waals surface area contributed by atoms with Gasteiger partial charge in [-0.3, -0.25) is 13.8 Å². The van der Waals surface area contributed by atoms with Crippen molar-refractivity contribution < 1.29 is 32.9 Å². The molecule has 0 aliphatic carbocycles. The summed E-state index contributed by atoms with van der Waals surface area (Å²) in [6.45, 7) is 4.73. The lowest BCUT2D eigenvalue weighted by atomic mass is 10.0. The smallest absolute Gasteiger partial charge is 0.387 e. The molecule has 0 aromatic heterocycles. The Kier molecular flexibility index (Phi) is 52.7. The topological polar surface area (TPSA) is 105 Å². The fourth-order valence-electron chi connectivity index (χ4n) is 8.98. The van der Waals surface area contributed by atoms with E-state index >= 15 is 0 Å². The quantitative estimate of drug-likeness (QED) is 0.0243. The summed E-state index contributed by atoms with van der Waals surface area (Å²) in [5.74, 6) is -0.184. The molecule has 0 spiro atoms. The van der Waals surface area contributed by atoms with Crippen LogP contribution in [-0.4, -0.2) is 73.4 Å². The predicted molar refractivity (Wildman–Crippen MR) is 314 cm³/mol. The molecule has 0 fully saturated rings. The third kappa shape index (κ3) is 55.9. The van der Waals surface area contributed by atoms with Crippen LogP contribution in [0.5, 0.6) is 0 Å². The molecule has 422 valence electrons. The van der Waals surface area contributed by atoms with Crippen LogP contribution < -0.4 is 5.32 Å². The van der Waals surface area contributed by atoms with Gasteiger partial charge in [0, 0.05) is 6.42 Å². The molecule has 0 saturated heterocycles. The Morgan fingerprint density at radius 2 is 0.833 bits per heavy atom. The highest BCUT2D eigenvalue weighted by Gasteiger charge is 2.27. The zero-order valence-electron chi connectivity index (χ0n) is 48.2. The van der Waals surface area contributed by atoms with Gasteiger partial charge in [0.15, 0.2) is 0 Å². The number of carbonyl (C=O) groups excluding carboxylic acids is 1. The first-order valence-electron chi connectivity index (χ1n) is 30.7. The fraction of sp³-hybridized carbons (Fsp3) is 0.825. The molecule has 0 aromatic carbocycles. The SMILES string of the molecule is CC/C=C\C/C=C\C/C=C\C/C=C\CCCCCCCCCCC(=O)NC(COP(=O)(O)OCC[N+](C)(C)C)C(O)/C=C/CCCCCCCCCCCCCCCCCCCCCCCCCCCCC. The van der Waals surface area contributed by atoms with E-state index in [0.29, 0.717) is 17.4 Å². The van der Waals surface area contributed by atoms with Gasteiger partial charge in [0.1, 0.15) is 13.2 Å². The van der Waals surface area contributed by atoms with E-state index < -0.39 is 20.0 Å². The summed E-state index contributed by atoms with van der Waals surface area (Å²) in [7, 11) is 1.57. The number of carbonyl (C=O) groups is 1. The first kappa shape index (κ1) is 70.2. The minimum Gasteiger partial charge on any atom is -0.387 e. The van der Waals surface area contributed by atoms with E-state index in [4.69, 9.17) is 9.05 Å². The number of quaternary nitrogens is 1. The average Bonchev–Trinajstić information content (AvgIpc) is 3.34. The number of allylic oxidation sites excluding steroid dienone is 9.